The highest BCUT2D eigenvalue weighted by atomic mass is 16.5. The Labute approximate surface area is 141 Å². The summed E-state index contributed by atoms with van der Waals surface area (Å²) in [5.74, 6) is 6.79. The molecule has 0 aromatic carbocycles. The molecule has 4 rings (SSSR count). The van der Waals surface area contributed by atoms with Crippen molar-refractivity contribution in [1.82, 2.24) is 0 Å². The lowest BCUT2D eigenvalue weighted by Gasteiger charge is -2.56. The smallest absolute Gasteiger partial charge is 0.125 e. The summed E-state index contributed by atoms with van der Waals surface area (Å²) in [6.45, 7) is 2.50. The molecule has 0 bridgehead atoms. The number of fused-ring (bicyclic) bond motifs is 5. The van der Waals surface area contributed by atoms with Crippen molar-refractivity contribution in [2.45, 2.75) is 76.4 Å². The second-order valence-corrected chi connectivity index (χ2v) is 9.20. The van der Waals surface area contributed by atoms with E-state index in [-0.39, 0.29) is 0 Å². The summed E-state index contributed by atoms with van der Waals surface area (Å²) >= 11 is 0. The fourth-order valence-corrected chi connectivity index (χ4v) is 7.35. The van der Waals surface area contributed by atoms with Crippen molar-refractivity contribution >= 4 is 0 Å². The summed E-state index contributed by atoms with van der Waals surface area (Å²) in [5.41, 5.74) is -0.400. The zero-order valence-corrected chi connectivity index (χ0v) is 14.8. The van der Waals surface area contributed by atoms with Crippen LogP contribution in [0.25, 0.3) is 0 Å². The molecule has 0 radical (unpaired) electrons. The van der Waals surface area contributed by atoms with Crippen LogP contribution in [-0.2, 0) is 4.74 Å². The van der Waals surface area contributed by atoms with Gasteiger partial charge in [0.1, 0.15) is 5.60 Å². The van der Waals surface area contributed by atoms with Crippen molar-refractivity contribution in [2.24, 2.45) is 35.0 Å². The van der Waals surface area contributed by atoms with Gasteiger partial charge in [-0.2, -0.15) is 0 Å². The van der Waals surface area contributed by atoms with Crippen LogP contribution in [-0.4, -0.2) is 23.9 Å². The largest absolute Gasteiger partial charge is 0.381 e. The first-order chi connectivity index (χ1) is 11.0. The number of ether oxygens (including phenoxy) is 1. The Morgan fingerprint density at radius 3 is 2.52 bits per heavy atom. The topological polar surface area (TPSA) is 29.5 Å². The van der Waals surface area contributed by atoms with Gasteiger partial charge < -0.3 is 9.84 Å². The van der Waals surface area contributed by atoms with E-state index >= 15 is 0 Å². The van der Waals surface area contributed by atoms with Crippen molar-refractivity contribution < 1.29 is 9.84 Å². The lowest BCUT2D eigenvalue weighted by atomic mass is 9.49. The molecule has 2 heteroatoms. The molecule has 1 N–H and O–H groups in total. The third kappa shape index (κ3) is 2.30. The molecule has 0 aromatic heterocycles. The standard InChI is InChI=1S/C21H32O2/c1-4-21(22)12-10-15-14(13-21)5-6-17-16(15)9-11-20(2)18(17)7-8-19(20)23-3/h1,14-19,22H,5-13H2,2-3H3/t14-,15+,16-,17-,18+,19+,20+,21-/m1/s1. The van der Waals surface area contributed by atoms with Gasteiger partial charge in [0.2, 0.25) is 0 Å². The molecule has 2 nitrogen and oxygen atoms in total. The van der Waals surface area contributed by atoms with E-state index < -0.39 is 5.60 Å². The molecular weight excluding hydrogens is 284 g/mol. The second-order valence-electron chi connectivity index (χ2n) is 9.20. The number of rotatable bonds is 1. The minimum absolute atomic E-state index is 0.414. The van der Waals surface area contributed by atoms with Crippen molar-refractivity contribution in [3.8, 4) is 12.3 Å². The Bertz CT molecular complexity index is 508. The highest BCUT2D eigenvalue weighted by Gasteiger charge is 2.57. The Kier molecular flexibility index (Phi) is 3.82. The predicted molar refractivity (Wildman–Crippen MR) is 91.7 cm³/mol. The molecule has 0 heterocycles. The number of hydrogen-bond donors (Lipinski definition) is 1. The van der Waals surface area contributed by atoms with Gasteiger partial charge >= 0.3 is 0 Å². The van der Waals surface area contributed by atoms with E-state index in [0.29, 0.717) is 17.4 Å². The molecule has 23 heavy (non-hydrogen) atoms. The third-order valence-corrected chi connectivity index (χ3v) is 8.48. The molecule has 0 spiro atoms. The first kappa shape index (κ1) is 16.0. The number of methoxy groups -OCH3 is 1. The van der Waals surface area contributed by atoms with E-state index in [4.69, 9.17) is 11.2 Å². The molecule has 0 saturated heterocycles. The van der Waals surface area contributed by atoms with Crippen LogP contribution < -0.4 is 0 Å². The van der Waals surface area contributed by atoms with Crippen LogP contribution in [0.1, 0.15) is 64.7 Å². The Morgan fingerprint density at radius 2 is 1.78 bits per heavy atom. The van der Waals surface area contributed by atoms with Gasteiger partial charge in [-0.1, -0.05) is 12.8 Å². The maximum absolute atomic E-state index is 10.5. The van der Waals surface area contributed by atoms with Gasteiger partial charge in [-0.3, -0.25) is 0 Å². The maximum Gasteiger partial charge on any atom is 0.125 e. The van der Waals surface area contributed by atoms with E-state index in [1.54, 1.807) is 0 Å². The van der Waals surface area contributed by atoms with E-state index in [1.807, 2.05) is 7.11 Å². The molecule has 128 valence electrons. The summed E-state index contributed by atoms with van der Waals surface area (Å²) in [6, 6.07) is 0. The lowest BCUT2D eigenvalue weighted by molar-refractivity contribution is -0.106. The summed E-state index contributed by atoms with van der Waals surface area (Å²) in [4.78, 5) is 0. The number of terminal acetylenes is 1. The van der Waals surface area contributed by atoms with Crippen LogP contribution in [0.3, 0.4) is 0 Å². The van der Waals surface area contributed by atoms with Crippen LogP contribution in [0.2, 0.25) is 0 Å². The van der Waals surface area contributed by atoms with Gasteiger partial charge in [-0.05, 0) is 92.8 Å². The molecule has 0 unspecified atom stereocenters. The quantitative estimate of drug-likeness (QED) is 0.740. The van der Waals surface area contributed by atoms with E-state index in [0.717, 1.165) is 42.9 Å². The van der Waals surface area contributed by atoms with Crippen molar-refractivity contribution in [1.29, 1.82) is 0 Å². The molecule has 4 fully saturated rings. The molecule has 0 amide bonds. The van der Waals surface area contributed by atoms with Crippen LogP contribution in [0.5, 0.6) is 0 Å². The van der Waals surface area contributed by atoms with Crippen molar-refractivity contribution in [3.05, 3.63) is 0 Å². The molecule has 0 aliphatic heterocycles. The zero-order valence-electron chi connectivity index (χ0n) is 14.8. The molecule has 4 aliphatic rings. The van der Waals surface area contributed by atoms with Gasteiger partial charge in [0, 0.05) is 7.11 Å². The highest BCUT2D eigenvalue weighted by Crippen LogP contribution is 2.63. The Balaban J connectivity index is 1.54. The first-order valence-corrected chi connectivity index (χ1v) is 9.74. The van der Waals surface area contributed by atoms with Crippen molar-refractivity contribution in [3.63, 3.8) is 0 Å². The van der Waals surface area contributed by atoms with Gasteiger partial charge in [0.15, 0.2) is 0 Å². The van der Waals surface area contributed by atoms with Crippen LogP contribution >= 0.6 is 0 Å². The highest BCUT2D eigenvalue weighted by molar-refractivity contribution is 5.13. The lowest BCUT2D eigenvalue weighted by Crippen LogP contribution is -2.51. The van der Waals surface area contributed by atoms with E-state index in [9.17, 15) is 5.11 Å². The summed E-state index contributed by atoms with van der Waals surface area (Å²) in [7, 11) is 1.91. The number of hydrogen-bond acceptors (Lipinski definition) is 2. The van der Waals surface area contributed by atoms with Gasteiger partial charge in [-0.25, -0.2) is 0 Å². The van der Waals surface area contributed by atoms with Crippen LogP contribution in [0, 0.1) is 47.3 Å². The fourth-order valence-electron chi connectivity index (χ4n) is 7.35. The fraction of sp³-hybridized carbons (Fsp3) is 0.905. The zero-order chi connectivity index (χ0) is 16.2. The summed E-state index contributed by atoms with van der Waals surface area (Å²) in [5, 5.41) is 10.5. The molecule has 4 aliphatic carbocycles. The summed E-state index contributed by atoms with van der Waals surface area (Å²) in [6.07, 6.45) is 16.8. The minimum atomic E-state index is -0.814. The normalized spacial score (nSPS) is 55.4. The monoisotopic (exact) mass is 316 g/mol. The van der Waals surface area contributed by atoms with Gasteiger partial charge in [0.05, 0.1) is 6.10 Å². The average molecular weight is 316 g/mol. The van der Waals surface area contributed by atoms with Gasteiger partial charge in [0.25, 0.3) is 0 Å². The molecule has 8 atom stereocenters. The molecular formula is C21H32O2. The molecule has 4 saturated carbocycles. The van der Waals surface area contributed by atoms with Crippen LogP contribution in [0.4, 0.5) is 0 Å². The maximum atomic E-state index is 10.5. The van der Waals surface area contributed by atoms with E-state index in [2.05, 4.69) is 12.8 Å². The second kappa shape index (κ2) is 5.50. The average Bonchev–Trinajstić information content (AvgIpc) is 2.90. The first-order valence-electron chi connectivity index (χ1n) is 9.74. The van der Waals surface area contributed by atoms with E-state index in [1.165, 1.54) is 38.5 Å². The number of aliphatic hydroxyl groups is 1. The minimum Gasteiger partial charge on any atom is -0.381 e. The van der Waals surface area contributed by atoms with Crippen molar-refractivity contribution in [2.75, 3.05) is 7.11 Å². The Morgan fingerprint density at radius 1 is 1.00 bits per heavy atom. The summed E-state index contributed by atoms with van der Waals surface area (Å²) < 4.78 is 5.86. The third-order valence-electron chi connectivity index (χ3n) is 8.48. The SMILES string of the molecule is C#C[C@@]1(O)CC[C@H]2[C@H](CC[C@@H]3[C@@H]2CC[C@]2(C)[C@@H](OC)CC[C@@H]32)C1. The molecule has 0 aromatic rings. The van der Waals surface area contributed by atoms with Crippen LogP contribution in [0.15, 0.2) is 0 Å². The van der Waals surface area contributed by atoms with Gasteiger partial charge in [-0.15, -0.1) is 6.42 Å². The predicted octanol–water partition coefficient (Wildman–Crippen LogP) is 4.02. The Hall–Kier alpha value is -0.520.